The van der Waals surface area contributed by atoms with Crippen molar-refractivity contribution in [2.24, 2.45) is 0 Å². The molecule has 5 nitrogen and oxygen atoms in total. The van der Waals surface area contributed by atoms with E-state index in [1.807, 2.05) is 0 Å². The topological polar surface area (TPSA) is 63.7 Å². The summed E-state index contributed by atoms with van der Waals surface area (Å²) >= 11 is 3.41. The monoisotopic (exact) mass is 363 g/mol. The highest BCUT2D eigenvalue weighted by Crippen LogP contribution is 2.13. The molecule has 1 amide bonds. The summed E-state index contributed by atoms with van der Waals surface area (Å²) in [6.07, 6.45) is 1.12. The van der Waals surface area contributed by atoms with Crippen LogP contribution in [0.15, 0.2) is 29.2 Å². The second-order valence-electron chi connectivity index (χ2n) is 4.54. The van der Waals surface area contributed by atoms with Crippen molar-refractivity contribution in [1.82, 2.24) is 4.90 Å². The van der Waals surface area contributed by atoms with Crippen molar-refractivity contribution in [2.75, 3.05) is 33.6 Å². The molecule has 0 aliphatic carbocycles. The molecule has 1 aromatic rings. The smallest absolute Gasteiger partial charge is 0.253 e. The minimum Gasteiger partial charge on any atom is -0.383 e. The molecule has 0 bridgehead atoms. The van der Waals surface area contributed by atoms with Crippen molar-refractivity contribution >= 4 is 31.7 Å². The Balaban J connectivity index is 2.87. The standard InChI is InChI=1S/C13H18BrNO4S/c1-15(8-11(14)9-19-2)13(16)10-5-4-6-12(7-10)20(3,17)18/h4-7,11H,8-9H2,1-3H3. The Hall–Kier alpha value is -0.920. The molecule has 20 heavy (non-hydrogen) atoms. The molecule has 0 radical (unpaired) electrons. The number of rotatable bonds is 6. The second kappa shape index (κ2) is 7.19. The zero-order chi connectivity index (χ0) is 15.3. The number of hydrogen-bond donors (Lipinski definition) is 0. The van der Waals surface area contributed by atoms with Gasteiger partial charge in [-0.25, -0.2) is 8.42 Å². The molecule has 0 aromatic heterocycles. The van der Waals surface area contributed by atoms with E-state index in [-0.39, 0.29) is 15.6 Å². The molecule has 1 rings (SSSR count). The first kappa shape index (κ1) is 17.1. The van der Waals surface area contributed by atoms with E-state index in [1.54, 1.807) is 26.3 Å². The number of ether oxygens (including phenoxy) is 1. The van der Waals surface area contributed by atoms with E-state index in [0.717, 1.165) is 6.26 Å². The number of nitrogens with zero attached hydrogens (tertiary/aromatic N) is 1. The van der Waals surface area contributed by atoms with Gasteiger partial charge in [-0.05, 0) is 18.2 Å². The highest BCUT2D eigenvalue weighted by Gasteiger charge is 2.17. The van der Waals surface area contributed by atoms with Crippen LogP contribution < -0.4 is 0 Å². The normalized spacial score (nSPS) is 13.0. The number of halogens is 1. The number of benzene rings is 1. The van der Waals surface area contributed by atoms with Crippen LogP contribution in [0.1, 0.15) is 10.4 Å². The zero-order valence-corrected chi connectivity index (χ0v) is 14.1. The van der Waals surface area contributed by atoms with Crippen LogP contribution in [0.2, 0.25) is 0 Å². The first-order valence-corrected chi connectivity index (χ1v) is 8.75. The number of amides is 1. The minimum atomic E-state index is -3.32. The van der Waals surface area contributed by atoms with E-state index in [2.05, 4.69) is 15.9 Å². The molecule has 0 saturated carbocycles. The van der Waals surface area contributed by atoms with Crippen molar-refractivity contribution < 1.29 is 17.9 Å². The van der Waals surface area contributed by atoms with E-state index >= 15 is 0 Å². The summed E-state index contributed by atoms with van der Waals surface area (Å²) in [6.45, 7) is 0.955. The fourth-order valence-electron chi connectivity index (χ4n) is 1.69. The predicted molar refractivity (Wildman–Crippen MR) is 81.1 cm³/mol. The Bertz CT molecular complexity index is 573. The summed E-state index contributed by atoms with van der Waals surface area (Å²) in [5, 5.41) is 0. The van der Waals surface area contributed by atoms with Gasteiger partial charge in [0, 0.05) is 32.5 Å². The third kappa shape index (κ3) is 4.88. The molecule has 112 valence electrons. The van der Waals surface area contributed by atoms with Crippen molar-refractivity contribution in [3.8, 4) is 0 Å². The van der Waals surface area contributed by atoms with Gasteiger partial charge in [0.15, 0.2) is 9.84 Å². The maximum Gasteiger partial charge on any atom is 0.253 e. The second-order valence-corrected chi connectivity index (χ2v) is 7.85. The SMILES string of the molecule is COCC(Br)CN(C)C(=O)c1cccc(S(C)(=O)=O)c1. The van der Waals surface area contributed by atoms with Crippen molar-refractivity contribution in [1.29, 1.82) is 0 Å². The fourth-order valence-corrected chi connectivity index (χ4v) is 3.06. The third-order valence-corrected chi connectivity index (χ3v) is 4.34. The average Bonchev–Trinajstić information content (AvgIpc) is 2.37. The number of hydrogen-bond acceptors (Lipinski definition) is 4. The first-order valence-electron chi connectivity index (χ1n) is 5.94. The Morgan fingerprint density at radius 2 is 2.10 bits per heavy atom. The van der Waals surface area contributed by atoms with Crippen LogP contribution in [-0.2, 0) is 14.6 Å². The van der Waals surface area contributed by atoms with Gasteiger partial charge >= 0.3 is 0 Å². The van der Waals surface area contributed by atoms with Crippen LogP contribution in [0.5, 0.6) is 0 Å². The van der Waals surface area contributed by atoms with Crippen LogP contribution in [0.3, 0.4) is 0 Å². The van der Waals surface area contributed by atoms with Crippen LogP contribution in [0.25, 0.3) is 0 Å². The van der Waals surface area contributed by atoms with Gasteiger partial charge in [-0.15, -0.1) is 0 Å². The van der Waals surface area contributed by atoms with Gasteiger partial charge < -0.3 is 9.64 Å². The van der Waals surface area contributed by atoms with Crippen LogP contribution in [0, 0.1) is 0 Å². The molecule has 0 fully saturated rings. The maximum absolute atomic E-state index is 12.2. The van der Waals surface area contributed by atoms with Crippen molar-refractivity contribution in [3.63, 3.8) is 0 Å². The quantitative estimate of drug-likeness (QED) is 0.719. The number of methoxy groups -OCH3 is 1. The van der Waals surface area contributed by atoms with Gasteiger partial charge in [0.25, 0.3) is 5.91 Å². The minimum absolute atomic E-state index is 0.0274. The molecule has 0 saturated heterocycles. The number of carbonyl (C=O) groups is 1. The molecule has 1 aromatic carbocycles. The van der Waals surface area contributed by atoms with E-state index in [4.69, 9.17) is 4.74 Å². The van der Waals surface area contributed by atoms with E-state index in [0.29, 0.717) is 18.7 Å². The van der Waals surface area contributed by atoms with Gasteiger partial charge in [0.2, 0.25) is 0 Å². The summed E-state index contributed by atoms with van der Waals surface area (Å²) < 4.78 is 28.0. The van der Waals surface area contributed by atoms with Crippen molar-refractivity contribution in [3.05, 3.63) is 29.8 Å². The fraction of sp³-hybridized carbons (Fsp3) is 0.462. The molecule has 0 N–H and O–H groups in total. The summed E-state index contributed by atoms with van der Waals surface area (Å²) in [5.41, 5.74) is 0.354. The average molecular weight is 364 g/mol. The van der Waals surface area contributed by atoms with Crippen LogP contribution in [0.4, 0.5) is 0 Å². The van der Waals surface area contributed by atoms with E-state index in [9.17, 15) is 13.2 Å². The first-order chi connectivity index (χ1) is 9.25. The zero-order valence-electron chi connectivity index (χ0n) is 11.7. The van der Waals surface area contributed by atoms with E-state index in [1.165, 1.54) is 17.0 Å². The highest BCUT2D eigenvalue weighted by atomic mass is 79.9. The van der Waals surface area contributed by atoms with Gasteiger partial charge in [0.1, 0.15) is 0 Å². The molecule has 0 aliphatic rings. The summed E-state index contributed by atoms with van der Waals surface area (Å²) in [7, 11) is -0.0612. The largest absolute Gasteiger partial charge is 0.383 e. The van der Waals surface area contributed by atoms with Crippen LogP contribution >= 0.6 is 15.9 Å². The van der Waals surface area contributed by atoms with Gasteiger partial charge in [-0.1, -0.05) is 22.0 Å². The molecule has 7 heteroatoms. The molecule has 1 atom stereocenters. The molecule has 0 aliphatic heterocycles. The lowest BCUT2D eigenvalue weighted by Crippen LogP contribution is -2.33. The third-order valence-electron chi connectivity index (χ3n) is 2.68. The lowest BCUT2D eigenvalue weighted by atomic mass is 10.2. The summed E-state index contributed by atoms with van der Waals surface area (Å²) in [5.74, 6) is -0.226. The Labute approximate surface area is 128 Å². The van der Waals surface area contributed by atoms with Crippen LogP contribution in [-0.4, -0.2) is 57.6 Å². The Morgan fingerprint density at radius 1 is 1.45 bits per heavy atom. The number of carbonyl (C=O) groups excluding carboxylic acids is 1. The Kier molecular flexibility index (Phi) is 6.16. The molecular formula is C13H18BrNO4S. The molecular weight excluding hydrogens is 346 g/mol. The van der Waals surface area contributed by atoms with Gasteiger partial charge in [-0.3, -0.25) is 4.79 Å². The molecule has 0 spiro atoms. The lowest BCUT2D eigenvalue weighted by Gasteiger charge is -2.20. The molecule has 1 unspecified atom stereocenters. The predicted octanol–water partition coefficient (Wildman–Crippen LogP) is 1.57. The molecule has 0 heterocycles. The summed E-state index contributed by atoms with van der Waals surface area (Å²) in [6, 6.07) is 6.04. The highest BCUT2D eigenvalue weighted by molar-refractivity contribution is 9.09. The number of alkyl halides is 1. The maximum atomic E-state index is 12.2. The van der Waals surface area contributed by atoms with E-state index < -0.39 is 9.84 Å². The lowest BCUT2D eigenvalue weighted by molar-refractivity contribution is 0.0784. The van der Waals surface area contributed by atoms with Crippen molar-refractivity contribution in [2.45, 2.75) is 9.72 Å². The van der Waals surface area contributed by atoms with Gasteiger partial charge in [0.05, 0.1) is 16.3 Å². The number of sulfone groups is 1. The van der Waals surface area contributed by atoms with Gasteiger partial charge in [-0.2, -0.15) is 0 Å². The Morgan fingerprint density at radius 3 is 2.65 bits per heavy atom. The summed E-state index contributed by atoms with van der Waals surface area (Å²) in [4.78, 5) is 13.9.